The van der Waals surface area contributed by atoms with Crippen LogP contribution in [0.15, 0.2) is 30.3 Å². The van der Waals surface area contributed by atoms with Crippen LogP contribution in [0.25, 0.3) is 0 Å². The molecule has 1 aromatic carbocycles. The molecule has 0 radical (unpaired) electrons. The van der Waals surface area contributed by atoms with Gasteiger partial charge in [-0.3, -0.25) is 0 Å². The molecule has 0 bridgehead atoms. The van der Waals surface area contributed by atoms with Gasteiger partial charge in [-0.2, -0.15) is 11.8 Å². The van der Waals surface area contributed by atoms with E-state index in [9.17, 15) is 0 Å². The molecule has 1 aromatic rings. The zero-order chi connectivity index (χ0) is 15.3. The molecule has 1 nitrogen and oxygen atoms in total. The third-order valence-corrected chi connectivity index (χ3v) is 5.48. The molecule has 0 amide bonds. The zero-order valence-corrected chi connectivity index (χ0v) is 14.9. The summed E-state index contributed by atoms with van der Waals surface area (Å²) in [6.45, 7) is 9.30. The van der Waals surface area contributed by atoms with Gasteiger partial charge in [-0.05, 0) is 42.4 Å². The van der Waals surface area contributed by atoms with Crippen molar-refractivity contribution in [3.63, 3.8) is 0 Å². The lowest BCUT2D eigenvalue weighted by Crippen LogP contribution is -2.33. The zero-order valence-electron chi connectivity index (χ0n) is 14.1. The van der Waals surface area contributed by atoms with Gasteiger partial charge in [-0.15, -0.1) is 0 Å². The van der Waals surface area contributed by atoms with E-state index in [0.29, 0.717) is 17.5 Å². The normalized spacial score (nSPS) is 24.2. The minimum Gasteiger partial charge on any atom is -0.307 e. The first kappa shape index (κ1) is 16.9. The van der Waals surface area contributed by atoms with E-state index in [1.54, 1.807) is 0 Å². The molecule has 1 saturated carbocycles. The van der Waals surface area contributed by atoms with Crippen molar-refractivity contribution in [3.05, 3.63) is 35.9 Å². The summed E-state index contributed by atoms with van der Waals surface area (Å²) < 4.78 is 0. The molecular weight excluding hydrogens is 274 g/mol. The van der Waals surface area contributed by atoms with Crippen LogP contribution in [-0.4, -0.2) is 17.0 Å². The molecule has 0 heterocycles. The highest BCUT2D eigenvalue weighted by atomic mass is 32.2. The summed E-state index contributed by atoms with van der Waals surface area (Å²) in [6, 6.07) is 12.2. The first-order valence-electron chi connectivity index (χ1n) is 8.40. The Morgan fingerprint density at radius 2 is 1.90 bits per heavy atom. The van der Waals surface area contributed by atoms with Crippen molar-refractivity contribution in [1.82, 2.24) is 5.32 Å². The molecular formula is C19H31NS. The van der Waals surface area contributed by atoms with Gasteiger partial charge in [-0.25, -0.2) is 0 Å². The second-order valence-corrected chi connectivity index (χ2v) is 9.06. The molecule has 3 unspecified atom stereocenters. The minimum absolute atomic E-state index is 0.351. The Hall–Kier alpha value is -0.470. The summed E-state index contributed by atoms with van der Waals surface area (Å²) in [7, 11) is 0. The maximum atomic E-state index is 3.96. The predicted octanol–water partition coefficient (Wildman–Crippen LogP) is 5.43. The molecule has 1 aliphatic carbocycles. The van der Waals surface area contributed by atoms with E-state index in [4.69, 9.17) is 0 Å². The van der Waals surface area contributed by atoms with E-state index < -0.39 is 0 Å². The number of hydrogen-bond acceptors (Lipinski definition) is 2. The van der Waals surface area contributed by atoms with Gasteiger partial charge in [-0.1, -0.05) is 58.0 Å². The largest absolute Gasteiger partial charge is 0.307 e. The Morgan fingerprint density at radius 1 is 1.19 bits per heavy atom. The molecule has 1 aliphatic rings. The Bertz CT molecular complexity index is 409. The number of benzene rings is 1. The van der Waals surface area contributed by atoms with Crippen molar-refractivity contribution in [2.45, 2.75) is 70.7 Å². The topological polar surface area (TPSA) is 12.0 Å². The van der Waals surface area contributed by atoms with E-state index in [0.717, 1.165) is 5.25 Å². The van der Waals surface area contributed by atoms with Crippen LogP contribution in [0.1, 0.15) is 65.0 Å². The molecule has 0 aromatic heterocycles. The van der Waals surface area contributed by atoms with Crippen molar-refractivity contribution in [3.8, 4) is 0 Å². The quantitative estimate of drug-likeness (QED) is 0.752. The molecule has 21 heavy (non-hydrogen) atoms. The second-order valence-electron chi connectivity index (χ2n) is 7.48. The summed E-state index contributed by atoms with van der Waals surface area (Å²) in [5.41, 5.74) is 1.79. The van der Waals surface area contributed by atoms with Crippen LogP contribution in [-0.2, 0) is 0 Å². The standard InChI is InChI=1S/C19H31NS/c1-5-21-17-12-11-16(13-17)20-18(14-19(2,3)4)15-9-7-6-8-10-15/h6-10,16-18,20H,5,11-14H2,1-4H3. The average Bonchev–Trinajstić information content (AvgIpc) is 2.85. The van der Waals surface area contributed by atoms with Crippen molar-refractivity contribution in [2.24, 2.45) is 5.41 Å². The van der Waals surface area contributed by atoms with E-state index >= 15 is 0 Å². The maximum absolute atomic E-state index is 3.96. The molecule has 0 aliphatic heterocycles. The Morgan fingerprint density at radius 3 is 2.52 bits per heavy atom. The summed E-state index contributed by atoms with van der Waals surface area (Å²) in [5.74, 6) is 1.25. The molecule has 0 spiro atoms. The molecule has 0 saturated heterocycles. The Labute approximate surface area is 135 Å². The summed E-state index contributed by atoms with van der Waals surface area (Å²) in [5, 5.41) is 4.84. The van der Waals surface area contributed by atoms with Gasteiger partial charge in [0.05, 0.1) is 0 Å². The number of rotatable bonds is 6. The fourth-order valence-electron chi connectivity index (χ4n) is 3.33. The third-order valence-electron chi connectivity index (χ3n) is 4.24. The second kappa shape index (κ2) is 7.69. The van der Waals surface area contributed by atoms with Crippen molar-refractivity contribution in [1.29, 1.82) is 0 Å². The minimum atomic E-state index is 0.351. The fraction of sp³-hybridized carbons (Fsp3) is 0.684. The van der Waals surface area contributed by atoms with Crippen molar-refractivity contribution in [2.75, 3.05) is 5.75 Å². The van der Waals surface area contributed by atoms with Crippen LogP contribution >= 0.6 is 11.8 Å². The highest BCUT2D eigenvalue weighted by Crippen LogP contribution is 2.34. The van der Waals surface area contributed by atoms with Crippen molar-refractivity contribution < 1.29 is 0 Å². The molecule has 1 fully saturated rings. The fourth-order valence-corrected chi connectivity index (χ4v) is 4.48. The summed E-state index contributed by atoms with van der Waals surface area (Å²) in [6.07, 6.45) is 5.25. The van der Waals surface area contributed by atoms with Gasteiger partial charge in [0, 0.05) is 17.3 Å². The highest BCUT2D eigenvalue weighted by molar-refractivity contribution is 7.99. The number of nitrogens with one attached hydrogen (secondary N) is 1. The van der Waals surface area contributed by atoms with Gasteiger partial charge in [0.1, 0.15) is 0 Å². The Balaban J connectivity index is 2.00. The predicted molar refractivity (Wildman–Crippen MR) is 95.9 cm³/mol. The van der Waals surface area contributed by atoms with Crippen molar-refractivity contribution >= 4 is 11.8 Å². The molecule has 2 rings (SSSR count). The SMILES string of the molecule is CCSC1CCC(NC(CC(C)(C)C)c2ccccc2)C1. The van der Waals surface area contributed by atoms with Crippen LogP contribution in [0, 0.1) is 5.41 Å². The van der Waals surface area contributed by atoms with Crippen LogP contribution in [0.3, 0.4) is 0 Å². The van der Waals surface area contributed by atoms with Gasteiger partial charge in [0.15, 0.2) is 0 Å². The number of hydrogen-bond donors (Lipinski definition) is 1. The van der Waals surface area contributed by atoms with E-state index in [1.165, 1.54) is 37.0 Å². The smallest absolute Gasteiger partial charge is 0.0327 e. The monoisotopic (exact) mass is 305 g/mol. The van der Waals surface area contributed by atoms with Gasteiger partial charge >= 0.3 is 0 Å². The number of thioether (sulfide) groups is 1. The van der Waals surface area contributed by atoms with Gasteiger partial charge < -0.3 is 5.32 Å². The summed E-state index contributed by atoms with van der Waals surface area (Å²) in [4.78, 5) is 0. The molecule has 1 N–H and O–H groups in total. The van der Waals surface area contributed by atoms with Crippen LogP contribution < -0.4 is 5.32 Å². The lowest BCUT2D eigenvalue weighted by molar-refractivity contribution is 0.293. The molecule has 2 heteroatoms. The first-order chi connectivity index (χ1) is 9.98. The maximum Gasteiger partial charge on any atom is 0.0327 e. The lowest BCUT2D eigenvalue weighted by atomic mass is 9.85. The molecule has 3 atom stereocenters. The average molecular weight is 306 g/mol. The summed E-state index contributed by atoms with van der Waals surface area (Å²) >= 11 is 2.14. The van der Waals surface area contributed by atoms with Crippen LogP contribution in [0.4, 0.5) is 0 Å². The van der Waals surface area contributed by atoms with E-state index in [1.807, 2.05) is 0 Å². The molecule has 118 valence electrons. The van der Waals surface area contributed by atoms with E-state index in [2.05, 4.69) is 75.1 Å². The Kier molecular flexibility index (Phi) is 6.19. The van der Waals surface area contributed by atoms with E-state index in [-0.39, 0.29) is 0 Å². The van der Waals surface area contributed by atoms with Gasteiger partial charge in [0.2, 0.25) is 0 Å². The van der Waals surface area contributed by atoms with Crippen LogP contribution in [0.2, 0.25) is 0 Å². The van der Waals surface area contributed by atoms with Crippen LogP contribution in [0.5, 0.6) is 0 Å². The third kappa shape index (κ3) is 5.67. The first-order valence-corrected chi connectivity index (χ1v) is 9.45. The highest BCUT2D eigenvalue weighted by Gasteiger charge is 2.28. The van der Waals surface area contributed by atoms with Gasteiger partial charge in [0.25, 0.3) is 0 Å². The lowest BCUT2D eigenvalue weighted by Gasteiger charge is -2.30.